The molecule has 0 spiro atoms. The van der Waals surface area contributed by atoms with E-state index in [9.17, 15) is 0 Å². The molecule has 1 heterocycles. The average Bonchev–Trinajstić information content (AvgIpc) is 1.73. The van der Waals surface area contributed by atoms with Crippen LogP contribution in [-0.4, -0.2) is 14.7 Å². The van der Waals surface area contributed by atoms with Crippen molar-refractivity contribution in [2.45, 2.75) is 0 Å². The van der Waals surface area contributed by atoms with Gasteiger partial charge in [-0.1, -0.05) is 0 Å². The Morgan fingerprint density at radius 2 is 1.12 bits per heavy atom. The van der Waals surface area contributed by atoms with E-state index in [1.54, 1.807) is 0 Å². The summed E-state index contributed by atoms with van der Waals surface area (Å²) in [6, 6.07) is 0. The second-order valence-electron chi connectivity index (χ2n) is 0.982. The molecule has 0 aromatic heterocycles. The molecule has 0 bridgehead atoms. The van der Waals surface area contributed by atoms with Crippen LogP contribution >= 0.6 is 7.74 Å². The molecule has 1 rings (SSSR count). The first-order valence-electron chi connectivity index (χ1n) is 1.13. The molecular weight excluding hydrogens is 250 g/mol. The summed E-state index contributed by atoms with van der Waals surface area (Å²) < 4.78 is 6.76. The first kappa shape index (κ1) is 12.5. The summed E-state index contributed by atoms with van der Waals surface area (Å²) >= 11 is 0. The second kappa shape index (κ2) is 2.83. The molecule has 8 heavy (non-hydrogen) atoms. The van der Waals surface area contributed by atoms with Gasteiger partial charge in [0.1, 0.15) is 0 Å². The Morgan fingerprint density at radius 1 is 1.00 bits per heavy atom. The summed E-state index contributed by atoms with van der Waals surface area (Å²) in [6.07, 6.45) is 0. The zero-order valence-corrected chi connectivity index (χ0v) is 8.52. The number of rotatable bonds is 0. The van der Waals surface area contributed by atoms with Gasteiger partial charge in [0.15, 0.2) is 0 Å². The van der Waals surface area contributed by atoms with Crippen LogP contribution in [0.15, 0.2) is 0 Å². The van der Waals surface area contributed by atoms with Gasteiger partial charge in [-0.25, -0.2) is 0 Å². The third-order valence-electron chi connectivity index (χ3n) is 0.275. The standard InChI is InChI=1S/H3O5P.Ti.Zr/c1-6(2,3)4-5-6;;/h1-3H;;. The summed E-state index contributed by atoms with van der Waals surface area (Å²) in [5.74, 6) is 0. The molecule has 0 amide bonds. The van der Waals surface area contributed by atoms with Gasteiger partial charge < -0.3 is 0 Å². The maximum Gasteiger partial charge on any atom is 0 e. The van der Waals surface area contributed by atoms with Crippen LogP contribution in [0, 0.1) is 0 Å². The Bertz CT molecular complexity index is 76.2. The van der Waals surface area contributed by atoms with E-state index in [4.69, 9.17) is 14.7 Å². The van der Waals surface area contributed by atoms with Crippen LogP contribution in [0.2, 0.25) is 0 Å². The first-order chi connectivity index (χ1) is 2.47. The van der Waals surface area contributed by atoms with E-state index in [1.807, 2.05) is 0 Å². The van der Waals surface area contributed by atoms with Crippen LogP contribution < -0.4 is 0 Å². The third-order valence-corrected chi connectivity index (χ3v) is 0.824. The number of hydrogen-bond donors (Lipinski definition) is 3. The SMILES string of the molecule is OP1(O)(O)OO1.[Ti].[Zr]. The Kier molecular flexibility index (Phi) is 4.42. The Hall–Kier alpha value is 1.83. The largest absolute Gasteiger partial charge is 0 e. The molecule has 8 heteroatoms. The van der Waals surface area contributed by atoms with E-state index in [0.717, 1.165) is 0 Å². The van der Waals surface area contributed by atoms with Crippen LogP contribution in [0.1, 0.15) is 0 Å². The van der Waals surface area contributed by atoms with Crippen LogP contribution in [0.4, 0.5) is 0 Å². The zero-order chi connectivity index (χ0) is 4.86. The van der Waals surface area contributed by atoms with Gasteiger partial charge in [-0.2, -0.15) is 0 Å². The minimum absolute atomic E-state index is 0. The first-order valence-corrected chi connectivity index (χ1v) is 3.06. The summed E-state index contributed by atoms with van der Waals surface area (Å²) in [4.78, 5) is 23.7. The second-order valence-corrected chi connectivity index (χ2v) is 2.95. The zero-order valence-electron chi connectivity index (χ0n) is 3.61. The van der Waals surface area contributed by atoms with Crippen molar-refractivity contribution in [1.29, 1.82) is 0 Å². The summed E-state index contributed by atoms with van der Waals surface area (Å²) in [5, 5.41) is 0. The quantitative estimate of drug-likeness (QED) is 0.224. The molecule has 0 aromatic carbocycles. The molecule has 0 atom stereocenters. The van der Waals surface area contributed by atoms with Crippen molar-refractivity contribution in [3.63, 3.8) is 0 Å². The molecule has 1 aliphatic heterocycles. The predicted octanol–water partition coefficient (Wildman–Crippen LogP) is -0.952. The van der Waals surface area contributed by atoms with Gasteiger partial charge in [-0.3, -0.25) is 0 Å². The van der Waals surface area contributed by atoms with Crippen molar-refractivity contribution in [1.82, 2.24) is 0 Å². The molecule has 1 fully saturated rings. The molecule has 0 aliphatic carbocycles. The van der Waals surface area contributed by atoms with Gasteiger partial charge in [-0.05, 0) is 0 Å². The molecule has 46 valence electrons. The Balaban J connectivity index is 0. The van der Waals surface area contributed by atoms with Crippen LogP contribution in [0.3, 0.4) is 0 Å². The fourth-order valence-corrected chi connectivity index (χ4v) is 0.402. The predicted molar refractivity (Wildman–Crippen MR) is 15.7 cm³/mol. The van der Waals surface area contributed by atoms with Crippen LogP contribution in [0.5, 0.6) is 0 Å². The van der Waals surface area contributed by atoms with Gasteiger partial charge in [0.2, 0.25) is 0 Å². The van der Waals surface area contributed by atoms with Crippen molar-refractivity contribution in [2.75, 3.05) is 0 Å². The smallest absolute Gasteiger partial charge is 0 e. The van der Waals surface area contributed by atoms with Crippen molar-refractivity contribution in [3.8, 4) is 0 Å². The van der Waals surface area contributed by atoms with E-state index >= 15 is 0 Å². The summed E-state index contributed by atoms with van der Waals surface area (Å²) in [7, 11) is -4.80. The molecular formula is H3O5PTiZr. The van der Waals surface area contributed by atoms with Crippen LogP contribution in [-0.2, 0) is 57.3 Å². The van der Waals surface area contributed by atoms with E-state index < -0.39 is 7.74 Å². The van der Waals surface area contributed by atoms with E-state index in [2.05, 4.69) is 9.35 Å². The fourth-order valence-electron chi connectivity index (χ4n) is 0.0447. The van der Waals surface area contributed by atoms with E-state index in [0.29, 0.717) is 0 Å². The minimum Gasteiger partial charge on any atom is 0 e. The van der Waals surface area contributed by atoms with Crippen LogP contribution in [0.25, 0.3) is 0 Å². The minimum atomic E-state index is -4.80. The normalized spacial score (nSPS) is 32.1. The van der Waals surface area contributed by atoms with Gasteiger partial charge >= 0.3 is 31.8 Å². The molecule has 0 aromatic rings. The molecule has 5 nitrogen and oxygen atoms in total. The van der Waals surface area contributed by atoms with Gasteiger partial charge in [0, 0.05) is 47.9 Å². The van der Waals surface area contributed by atoms with Crippen molar-refractivity contribution in [2.24, 2.45) is 0 Å². The molecule has 3 N–H and O–H groups in total. The van der Waals surface area contributed by atoms with Gasteiger partial charge in [-0.15, -0.1) is 0 Å². The fraction of sp³-hybridized carbons (Fsp3) is 0. The molecule has 1 aliphatic rings. The Morgan fingerprint density at radius 3 is 1.12 bits per heavy atom. The van der Waals surface area contributed by atoms with Gasteiger partial charge in [0.25, 0.3) is 0 Å². The number of hydrogen-bond acceptors (Lipinski definition) is 5. The Labute approximate surface area is 79.3 Å². The van der Waals surface area contributed by atoms with Crippen molar-refractivity contribution in [3.05, 3.63) is 0 Å². The topological polar surface area (TPSA) is 85.8 Å². The van der Waals surface area contributed by atoms with Crippen molar-refractivity contribution < 1.29 is 72.0 Å². The maximum absolute atomic E-state index is 7.89. The van der Waals surface area contributed by atoms with E-state index in [-0.39, 0.29) is 47.9 Å². The average molecular weight is 253 g/mol. The van der Waals surface area contributed by atoms with E-state index in [1.165, 1.54) is 0 Å². The molecule has 1 saturated heterocycles. The monoisotopic (exact) mass is 252 g/mol. The molecule has 0 unspecified atom stereocenters. The third kappa shape index (κ3) is 4.68. The maximum atomic E-state index is 7.89. The molecule has 0 saturated carbocycles. The summed E-state index contributed by atoms with van der Waals surface area (Å²) in [6.45, 7) is 0. The van der Waals surface area contributed by atoms with Crippen molar-refractivity contribution >= 4 is 7.74 Å². The molecule has 0 radical (unpaired) electrons. The summed E-state index contributed by atoms with van der Waals surface area (Å²) in [5.41, 5.74) is 0. The van der Waals surface area contributed by atoms with Gasteiger partial charge in [0.05, 0.1) is 0 Å².